The molecule has 0 aliphatic heterocycles. The summed E-state index contributed by atoms with van der Waals surface area (Å²) < 4.78 is 5.51. The van der Waals surface area contributed by atoms with Crippen LogP contribution in [-0.2, 0) is 6.54 Å². The molecule has 0 spiro atoms. The third-order valence-corrected chi connectivity index (χ3v) is 3.01. The van der Waals surface area contributed by atoms with Gasteiger partial charge in [-0.05, 0) is 43.1 Å². The molecule has 0 fully saturated rings. The van der Waals surface area contributed by atoms with Gasteiger partial charge in [0.2, 0.25) is 0 Å². The minimum absolute atomic E-state index is 0.615. The Kier molecular flexibility index (Phi) is 4.61. The smallest absolute Gasteiger partial charge is 0.181 e. The highest BCUT2D eigenvalue weighted by Crippen LogP contribution is 2.27. The van der Waals surface area contributed by atoms with Crippen molar-refractivity contribution in [1.29, 1.82) is 0 Å². The molecular formula is C15H19ClN2O. The van der Waals surface area contributed by atoms with Crippen molar-refractivity contribution in [2.24, 2.45) is 5.92 Å². The van der Waals surface area contributed by atoms with Crippen LogP contribution in [0.15, 0.2) is 29.0 Å². The maximum Gasteiger partial charge on any atom is 0.181 e. The predicted molar refractivity (Wildman–Crippen MR) is 78.2 cm³/mol. The minimum atomic E-state index is 0.615. The minimum Gasteiger partial charge on any atom is -0.443 e. The largest absolute Gasteiger partial charge is 0.443 e. The Hall–Kier alpha value is -1.32. The molecular weight excluding hydrogens is 260 g/mol. The molecule has 1 heterocycles. The molecule has 0 amide bonds. The SMILES string of the molecule is Cc1cc(Cl)cc(-c2ocnc2CNCC(C)C)c1. The molecule has 0 unspecified atom stereocenters. The summed E-state index contributed by atoms with van der Waals surface area (Å²) in [7, 11) is 0. The fourth-order valence-electron chi connectivity index (χ4n) is 1.98. The average Bonchev–Trinajstić information content (AvgIpc) is 2.75. The zero-order chi connectivity index (χ0) is 13.8. The van der Waals surface area contributed by atoms with Crippen molar-refractivity contribution >= 4 is 11.6 Å². The van der Waals surface area contributed by atoms with Crippen molar-refractivity contribution in [2.75, 3.05) is 6.54 Å². The Labute approximate surface area is 119 Å². The van der Waals surface area contributed by atoms with E-state index in [1.807, 2.05) is 19.1 Å². The lowest BCUT2D eigenvalue weighted by Gasteiger charge is -2.07. The normalized spacial score (nSPS) is 11.2. The summed E-state index contributed by atoms with van der Waals surface area (Å²) in [6.45, 7) is 8.03. The Morgan fingerprint density at radius 2 is 2.11 bits per heavy atom. The van der Waals surface area contributed by atoms with Gasteiger partial charge in [0.15, 0.2) is 12.2 Å². The first kappa shape index (κ1) is 14.1. The highest BCUT2D eigenvalue weighted by Gasteiger charge is 2.11. The number of oxazole rings is 1. The molecule has 0 saturated carbocycles. The molecule has 19 heavy (non-hydrogen) atoms. The first-order chi connectivity index (χ1) is 9.06. The van der Waals surface area contributed by atoms with Gasteiger partial charge < -0.3 is 9.73 Å². The zero-order valence-corrected chi connectivity index (χ0v) is 12.3. The lowest BCUT2D eigenvalue weighted by atomic mass is 10.1. The van der Waals surface area contributed by atoms with Crippen LogP contribution in [0.4, 0.5) is 0 Å². The number of halogens is 1. The van der Waals surface area contributed by atoms with Crippen molar-refractivity contribution in [3.63, 3.8) is 0 Å². The summed E-state index contributed by atoms with van der Waals surface area (Å²) in [5, 5.41) is 4.09. The molecule has 0 radical (unpaired) electrons. The van der Waals surface area contributed by atoms with Crippen LogP contribution in [0.25, 0.3) is 11.3 Å². The number of rotatable bonds is 5. The van der Waals surface area contributed by atoms with E-state index in [4.69, 9.17) is 16.0 Å². The lowest BCUT2D eigenvalue weighted by Crippen LogP contribution is -2.19. The summed E-state index contributed by atoms with van der Waals surface area (Å²) in [5.74, 6) is 1.41. The van der Waals surface area contributed by atoms with Gasteiger partial charge in [0.25, 0.3) is 0 Å². The quantitative estimate of drug-likeness (QED) is 0.897. The molecule has 1 N–H and O–H groups in total. The van der Waals surface area contributed by atoms with E-state index in [0.29, 0.717) is 17.5 Å². The molecule has 102 valence electrons. The molecule has 0 aliphatic carbocycles. The number of hydrogen-bond acceptors (Lipinski definition) is 3. The summed E-state index contributed by atoms with van der Waals surface area (Å²) in [4.78, 5) is 4.28. The molecule has 4 heteroatoms. The summed E-state index contributed by atoms with van der Waals surface area (Å²) in [5.41, 5.74) is 3.01. The van der Waals surface area contributed by atoms with Crippen LogP contribution in [-0.4, -0.2) is 11.5 Å². The van der Waals surface area contributed by atoms with Crippen LogP contribution in [0.2, 0.25) is 5.02 Å². The van der Waals surface area contributed by atoms with Crippen LogP contribution in [0, 0.1) is 12.8 Å². The maximum atomic E-state index is 6.09. The number of nitrogens with zero attached hydrogens (tertiary/aromatic N) is 1. The third kappa shape index (κ3) is 3.82. The molecule has 3 nitrogen and oxygen atoms in total. The fourth-order valence-corrected chi connectivity index (χ4v) is 2.27. The number of benzene rings is 1. The number of aromatic nitrogens is 1. The van der Waals surface area contributed by atoms with E-state index in [2.05, 4.69) is 30.2 Å². The zero-order valence-electron chi connectivity index (χ0n) is 11.5. The van der Waals surface area contributed by atoms with E-state index in [1.54, 1.807) is 0 Å². The average molecular weight is 279 g/mol. The Balaban J connectivity index is 2.18. The number of aryl methyl sites for hydroxylation is 1. The first-order valence-corrected chi connectivity index (χ1v) is 6.84. The van der Waals surface area contributed by atoms with E-state index in [0.717, 1.165) is 29.1 Å². The van der Waals surface area contributed by atoms with Gasteiger partial charge in [-0.25, -0.2) is 4.98 Å². The van der Waals surface area contributed by atoms with Gasteiger partial charge >= 0.3 is 0 Å². The second-order valence-electron chi connectivity index (χ2n) is 5.17. The first-order valence-electron chi connectivity index (χ1n) is 6.47. The maximum absolute atomic E-state index is 6.09. The summed E-state index contributed by atoms with van der Waals surface area (Å²) in [6.07, 6.45) is 1.48. The monoisotopic (exact) mass is 278 g/mol. The Morgan fingerprint density at radius 1 is 1.32 bits per heavy atom. The van der Waals surface area contributed by atoms with Gasteiger partial charge in [-0.2, -0.15) is 0 Å². The Morgan fingerprint density at radius 3 is 2.79 bits per heavy atom. The predicted octanol–water partition coefficient (Wildman–Crippen LogP) is 4.05. The van der Waals surface area contributed by atoms with Gasteiger partial charge in [-0.3, -0.25) is 0 Å². The molecule has 0 atom stereocenters. The molecule has 2 rings (SSSR count). The van der Waals surface area contributed by atoms with Gasteiger partial charge in [0, 0.05) is 17.1 Å². The van der Waals surface area contributed by atoms with Crippen LogP contribution in [0.5, 0.6) is 0 Å². The highest BCUT2D eigenvalue weighted by molar-refractivity contribution is 6.30. The number of hydrogen-bond donors (Lipinski definition) is 1. The van der Waals surface area contributed by atoms with Gasteiger partial charge in [0.1, 0.15) is 5.69 Å². The standard InChI is InChI=1S/C15H19ClN2O/c1-10(2)7-17-8-14-15(19-9-18-14)12-4-11(3)5-13(16)6-12/h4-6,9-10,17H,7-8H2,1-3H3. The molecule has 2 aromatic rings. The second-order valence-corrected chi connectivity index (χ2v) is 5.61. The molecule has 0 bridgehead atoms. The van der Waals surface area contributed by atoms with Crippen molar-refractivity contribution in [3.05, 3.63) is 40.9 Å². The van der Waals surface area contributed by atoms with Crippen molar-refractivity contribution in [3.8, 4) is 11.3 Å². The van der Waals surface area contributed by atoms with E-state index in [-0.39, 0.29) is 0 Å². The van der Waals surface area contributed by atoms with E-state index >= 15 is 0 Å². The van der Waals surface area contributed by atoms with Gasteiger partial charge in [0.05, 0.1) is 0 Å². The summed E-state index contributed by atoms with van der Waals surface area (Å²) in [6, 6.07) is 5.89. The molecule has 1 aromatic heterocycles. The van der Waals surface area contributed by atoms with Crippen LogP contribution >= 0.6 is 11.6 Å². The van der Waals surface area contributed by atoms with Crippen molar-refractivity contribution < 1.29 is 4.42 Å². The second kappa shape index (κ2) is 6.22. The molecule has 1 aromatic carbocycles. The van der Waals surface area contributed by atoms with E-state index in [9.17, 15) is 0 Å². The Bertz CT molecular complexity index is 529. The highest BCUT2D eigenvalue weighted by atomic mass is 35.5. The molecule has 0 aliphatic rings. The fraction of sp³-hybridized carbons (Fsp3) is 0.400. The van der Waals surface area contributed by atoms with Gasteiger partial charge in [-0.15, -0.1) is 0 Å². The van der Waals surface area contributed by atoms with E-state index in [1.165, 1.54) is 6.39 Å². The van der Waals surface area contributed by atoms with Gasteiger partial charge in [-0.1, -0.05) is 25.4 Å². The lowest BCUT2D eigenvalue weighted by molar-refractivity contribution is 0.545. The third-order valence-electron chi connectivity index (χ3n) is 2.79. The topological polar surface area (TPSA) is 38.1 Å². The van der Waals surface area contributed by atoms with Crippen molar-refractivity contribution in [1.82, 2.24) is 10.3 Å². The van der Waals surface area contributed by atoms with Crippen LogP contribution in [0.3, 0.4) is 0 Å². The summed E-state index contributed by atoms with van der Waals surface area (Å²) >= 11 is 6.09. The van der Waals surface area contributed by atoms with Crippen LogP contribution in [0.1, 0.15) is 25.1 Å². The van der Waals surface area contributed by atoms with Crippen molar-refractivity contribution in [2.45, 2.75) is 27.3 Å². The molecule has 0 saturated heterocycles. The van der Waals surface area contributed by atoms with Crippen LogP contribution < -0.4 is 5.32 Å². The van der Waals surface area contributed by atoms with E-state index < -0.39 is 0 Å². The number of nitrogens with one attached hydrogen (secondary N) is 1.